The molecule has 0 saturated carbocycles. The van der Waals surface area contributed by atoms with Crippen molar-refractivity contribution in [2.45, 2.75) is 6.92 Å². The highest BCUT2D eigenvalue weighted by Gasteiger charge is 2.09. The van der Waals surface area contributed by atoms with E-state index in [2.05, 4.69) is 26.4 Å². The molecule has 6 nitrogen and oxygen atoms in total. The lowest BCUT2D eigenvalue weighted by Gasteiger charge is -1.95. The van der Waals surface area contributed by atoms with Crippen molar-refractivity contribution in [3.05, 3.63) is 41.7 Å². The van der Waals surface area contributed by atoms with Gasteiger partial charge >= 0.3 is 0 Å². The summed E-state index contributed by atoms with van der Waals surface area (Å²) in [6.07, 6.45) is 1.48. The fourth-order valence-electron chi connectivity index (χ4n) is 2.12. The van der Waals surface area contributed by atoms with E-state index in [4.69, 9.17) is 5.26 Å². The molecule has 0 amide bonds. The van der Waals surface area contributed by atoms with Crippen molar-refractivity contribution in [2.75, 3.05) is 0 Å². The summed E-state index contributed by atoms with van der Waals surface area (Å²) < 4.78 is 1.53. The third-order valence-electron chi connectivity index (χ3n) is 3.13. The number of hydrogen-bond donors (Lipinski definition) is 1. The lowest BCUT2D eigenvalue weighted by molar-refractivity contribution is 0.764. The average molecular weight is 264 g/mol. The van der Waals surface area contributed by atoms with E-state index < -0.39 is 0 Å². The lowest BCUT2D eigenvalue weighted by Crippen LogP contribution is -1.87. The van der Waals surface area contributed by atoms with Crippen LogP contribution in [0.15, 0.2) is 40.7 Å². The van der Waals surface area contributed by atoms with E-state index in [0.29, 0.717) is 11.4 Å². The first-order valence-electron chi connectivity index (χ1n) is 6.12. The predicted molar refractivity (Wildman–Crippen MR) is 75.1 cm³/mol. The molecule has 0 unspecified atom stereocenters. The summed E-state index contributed by atoms with van der Waals surface area (Å²) in [4.78, 5) is 3.26. The minimum atomic E-state index is 0.411. The van der Waals surface area contributed by atoms with E-state index in [1.807, 2.05) is 31.2 Å². The van der Waals surface area contributed by atoms with Crippen LogP contribution in [-0.2, 0) is 7.05 Å². The van der Waals surface area contributed by atoms with Crippen molar-refractivity contribution < 1.29 is 0 Å². The molecule has 2 aromatic heterocycles. The van der Waals surface area contributed by atoms with E-state index in [1.54, 1.807) is 7.05 Å². The number of fused-ring (bicyclic) bond motifs is 1. The van der Waals surface area contributed by atoms with Gasteiger partial charge in [0.25, 0.3) is 0 Å². The van der Waals surface area contributed by atoms with Gasteiger partial charge in [0, 0.05) is 23.6 Å². The van der Waals surface area contributed by atoms with Crippen LogP contribution in [0.1, 0.15) is 11.3 Å². The fourth-order valence-corrected chi connectivity index (χ4v) is 2.12. The van der Waals surface area contributed by atoms with Crippen molar-refractivity contribution in [3.8, 4) is 6.07 Å². The first kappa shape index (κ1) is 12.1. The third kappa shape index (κ3) is 1.86. The Kier molecular flexibility index (Phi) is 2.80. The number of aryl methyl sites for hydroxylation is 2. The second-order valence-electron chi connectivity index (χ2n) is 4.46. The van der Waals surface area contributed by atoms with Gasteiger partial charge in [-0.05, 0) is 13.0 Å². The molecule has 0 saturated heterocycles. The summed E-state index contributed by atoms with van der Waals surface area (Å²) in [5, 5.41) is 22.5. The van der Waals surface area contributed by atoms with Gasteiger partial charge in [-0.25, -0.2) is 4.68 Å². The third-order valence-corrected chi connectivity index (χ3v) is 3.13. The van der Waals surface area contributed by atoms with Crippen molar-refractivity contribution in [1.82, 2.24) is 14.8 Å². The van der Waals surface area contributed by atoms with Gasteiger partial charge in [0.15, 0.2) is 5.82 Å². The highest BCUT2D eigenvalue weighted by molar-refractivity contribution is 5.92. The van der Waals surface area contributed by atoms with Crippen LogP contribution in [0.5, 0.6) is 0 Å². The maximum atomic E-state index is 9.00. The van der Waals surface area contributed by atoms with E-state index in [1.165, 1.54) is 10.9 Å². The van der Waals surface area contributed by atoms with Crippen LogP contribution in [0.3, 0.4) is 0 Å². The highest BCUT2D eigenvalue weighted by Crippen LogP contribution is 2.31. The number of aromatic amines is 1. The first-order chi connectivity index (χ1) is 9.70. The molecule has 0 aliphatic carbocycles. The minimum absolute atomic E-state index is 0.411. The lowest BCUT2D eigenvalue weighted by atomic mass is 10.2. The van der Waals surface area contributed by atoms with Crippen LogP contribution in [0, 0.1) is 18.3 Å². The second kappa shape index (κ2) is 4.63. The van der Waals surface area contributed by atoms with Crippen LogP contribution in [-0.4, -0.2) is 14.8 Å². The number of rotatable bonds is 2. The van der Waals surface area contributed by atoms with Crippen LogP contribution in [0.2, 0.25) is 0 Å². The Balaban J connectivity index is 2.09. The molecule has 3 rings (SSSR count). The molecule has 6 heteroatoms. The number of nitriles is 1. The van der Waals surface area contributed by atoms with E-state index in [0.717, 1.165) is 22.3 Å². The number of nitrogens with zero attached hydrogens (tertiary/aromatic N) is 5. The zero-order valence-corrected chi connectivity index (χ0v) is 11.1. The Morgan fingerprint density at radius 3 is 2.90 bits per heavy atom. The van der Waals surface area contributed by atoms with Gasteiger partial charge in [-0.2, -0.15) is 10.4 Å². The summed E-state index contributed by atoms with van der Waals surface area (Å²) in [5.41, 5.74) is 3.15. The van der Waals surface area contributed by atoms with E-state index in [-0.39, 0.29) is 0 Å². The summed E-state index contributed by atoms with van der Waals surface area (Å²) in [7, 11) is 1.73. The summed E-state index contributed by atoms with van der Waals surface area (Å²) >= 11 is 0. The van der Waals surface area contributed by atoms with Crippen molar-refractivity contribution in [1.29, 1.82) is 5.26 Å². The quantitative estimate of drug-likeness (QED) is 0.718. The molecule has 1 aromatic carbocycles. The maximum absolute atomic E-state index is 9.00. The number of hydrogen-bond acceptors (Lipinski definition) is 4. The minimum Gasteiger partial charge on any atom is -0.357 e. The molecule has 3 aromatic rings. The van der Waals surface area contributed by atoms with Gasteiger partial charge in [-0.3, -0.25) is 0 Å². The first-order valence-corrected chi connectivity index (χ1v) is 6.12. The van der Waals surface area contributed by atoms with Crippen molar-refractivity contribution >= 4 is 22.4 Å². The van der Waals surface area contributed by atoms with Crippen molar-refractivity contribution in [3.63, 3.8) is 0 Å². The molecule has 0 radical (unpaired) electrons. The fraction of sp³-hybridized carbons (Fsp3) is 0.143. The average Bonchev–Trinajstić information content (AvgIpc) is 2.96. The van der Waals surface area contributed by atoms with Crippen LogP contribution in [0.4, 0.5) is 11.5 Å². The topological polar surface area (TPSA) is 82.1 Å². The zero-order chi connectivity index (χ0) is 14.1. The Morgan fingerprint density at radius 1 is 1.30 bits per heavy atom. The Hall–Kier alpha value is -2.94. The smallest absolute Gasteiger partial charge is 0.190 e. The van der Waals surface area contributed by atoms with Crippen LogP contribution in [0.25, 0.3) is 10.9 Å². The largest absolute Gasteiger partial charge is 0.357 e. The molecule has 0 spiro atoms. The van der Waals surface area contributed by atoms with Gasteiger partial charge in [0.05, 0.1) is 6.20 Å². The molecule has 0 aliphatic rings. The van der Waals surface area contributed by atoms with Crippen LogP contribution < -0.4 is 0 Å². The molecular weight excluding hydrogens is 252 g/mol. The zero-order valence-electron chi connectivity index (χ0n) is 11.1. The molecule has 0 atom stereocenters. The molecule has 0 bridgehead atoms. The number of nitrogens with one attached hydrogen (secondary N) is 1. The maximum Gasteiger partial charge on any atom is 0.190 e. The molecule has 0 fully saturated rings. The number of azo groups is 1. The van der Waals surface area contributed by atoms with Crippen LogP contribution >= 0.6 is 0 Å². The Morgan fingerprint density at radius 2 is 2.10 bits per heavy atom. The SMILES string of the molecule is Cc1[nH]c2ccccc2c1N=Nc1c(C#N)cnn1C. The van der Waals surface area contributed by atoms with Gasteiger partial charge in [0.1, 0.15) is 17.3 Å². The Bertz CT molecular complexity index is 846. The molecule has 98 valence electrons. The number of benzene rings is 1. The Labute approximate surface area is 115 Å². The van der Waals surface area contributed by atoms with Crippen molar-refractivity contribution in [2.24, 2.45) is 17.3 Å². The monoisotopic (exact) mass is 264 g/mol. The van der Waals surface area contributed by atoms with Gasteiger partial charge in [-0.1, -0.05) is 18.2 Å². The molecular formula is C14H12N6. The number of para-hydroxylation sites is 1. The highest BCUT2D eigenvalue weighted by atomic mass is 15.3. The molecule has 20 heavy (non-hydrogen) atoms. The predicted octanol–water partition coefficient (Wildman–Crippen LogP) is 3.50. The van der Waals surface area contributed by atoms with Gasteiger partial charge in [0.2, 0.25) is 0 Å². The molecule has 2 heterocycles. The summed E-state index contributed by atoms with van der Waals surface area (Å²) in [5.74, 6) is 0.456. The van der Waals surface area contributed by atoms with Gasteiger partial charge in [-0.15, -0.1) is 10.2 Å². The summed E-state index contributed by atoms with van der Waals surface area (Å²) in [6, 6.07) is 9.96. The molecule has 0 aliphatic heterocycles. The number of H-pyrrole nitrogens is 1. The number of aromatic nitrogens is 3. The normalized spacial score (nSPS) is 11.2. The van der Waals surface area contributed by atoms with E-state index >= 15 is 0 Å². The van der Waals surface area contributed by atoms with E-state index in [9.17, 15) is 0 Å². The molecule has 1 N–H and O–H groups in total. The summed E-state index contributed by atoms with van der Waals surface area (Å²) in [6.45, 7) is 1.95. The standard InChI is InChI=1S/C14H12N6/c1-9-13(11-5-3-4-6-12(11)17-9)18-19-14-10(7-15)8-16-20(14)2/h3-6,8,17H,1-2H3. The second-order valence-corrected chi connectivity index (χ2v) is 4.46. The van der Waals surface area contributed by atoms with Gasteiger partial charge < -0.3 is 4.98 Å².